The fraction of sp³-hybridized carbons (Fsp3) is 0.852. The molecule has 0 aliphatic heterocycles. The van der Waals surface area contributed by atoms with Gasteiger partial charge in [-0.25, -0.2) is 0 Å². The molecular weight excluding hydrogens is 400 g/mol. The molecule has 0 radical (unpaired) electrons. The van der Waals surface area contributed by atoms with Gasteiger partial charge in [0.1, 0.15) is 6.04 Å². The molecule has 0 aliphatic rings. The van der Waals surface area contributed by atoms with Crippen molar-refractivity contribution in [1.29, 1.82) is 0 Å². The highest BCUT2D eigenvalue weighted by molar-refractivity contribution is 5.75. The van der Waals surface area contributed by atoms with Crippen molar-refractivity contribution < 1.29 is 14.7 Å². The Morgan fingerprint density at radius 1 is 0.781 bits per heavy atom. The number of carbonyl (C=O) groups is 2. The van der Waals surface area contributed by atoms with E-state index in [2.05, 4.69) is 24.4 Å². The topological polar surface area (TPSA) is 69.6 Å². The van der Waals surface area contributed by atoms with Crippen molar-refractivity contribution in [3.63, 3.8) is 0 Å². The van der Waals surface area contributed by atoms with Crippen LogP contribution in [0, 0.1) is 0 Å². The fourth-order valence-corrected chi connectivity index (χ4v) is 3.90. The first kappa shape index (κ1) is 30.6. The first-order valence-corrected chi connectivity index (χ1v) is 13.3. The lowest BCUT2D eigenvalue weighted by atomic mass is 10.0. The van der Waals surface area contributed by atoms with Crippen LogP contribution in [0.25, 0.3) is 0 Å². The van der Waals surface area contributed by atoms with Gasteiger partial charge in [-0.05, 0) is 59.0 Å². The molecule has 1 atom stereocenters. The average Bonchev–Trinajstić information content (AvgIpc) is 2.75. The quantitative estimate of drug-likeness (QED) is 0.133. The molecule has 0 saturated carbocycles. The summed E-state index contributed by atoms with van der Waals surface area (Å²) in [6.07, 6.45) is 25.4. The third-order valence-electron chi connectivity index (χ3n) is 6.05. The van der Waals surface area contributed by atoms with Gasteiger partial charge in [0.15, 0.2) is 0 Å². The van der Waals surface area contributed by atoms with Crippen LogP contribution in [-0.2, 0) is 9.59 Å². The third kappa shape index (κ3) is 20.5. The number of unbranched alkanes of at least 4 members (excludes halogenated alkanes) is 13. The van der Waals surface area contributed by atoms with Crippen molar-refractivity contribution >= 4 is 11.9 Å². The summed E-state index contributed by atoms with van der Waals surface area (Å²) in [6, 6.07) is -0.437. The number of hydrogen-bond donors (Lipinski definition) is 2. The number of nitrogens with zero attached hydrogens (tertiary/aromatic N) is 1. The Hall–Kier alpha value is -1.36. The van der Waals surface area contributed by atoms with Crippen LogP contribution in [-0.4, -0.2) is 48.6 Å². The van der Waals surface area contributed by atoms with E-state index in [1.807, 2.05) is 0 Å². The van der Waals surface area contributed by atoms with Crippen LogP contribution in [0.2, 0.25) is 0 Å². The molecule has 0 aromatic rings. The minimum atomic E-state index is -0.778. The number of allylic oxidation sites excluding steroid dienone is 2. The van der Waals surface area contributed by atoms with E-state index in [0.29, 0.717) is 19.4 Å². The van der Waals surface area contributed by atoms with Crippen molar-refractivity contribution in [2.75, 3.05) is 20.6 Å². The van der Waals surface area contributed by atoms with E-state index in [-0.39, 0.29) is 5.91 Å². The summed E-state index contributed by atoms with van der Waals surface area (Å²) in [5, 5.41) is 12.1. The second-order valence-corrected chi connectivity index (χ2v) is 9.35. The van der Waals surface area contributed by atoms with Crippen LogP contribution in [0.5, 0.6) is 0 Å². The standard InChI is InChI=1S/C27H52N2O3/c1-4-5-6-7-8-9-10-11-12-13-14-15-16-17-18-19-23-26(30)28-24-21-20-22-25(27(31)32)29(2)3/h7-8,25H,4-6,9-24H2,1-3H3,(H,28,30)(H,31,32)/b8-7+/t25-/m0/s1. The lowest BCUT2D eigenvalue weighted by Crippen LogP contribution is -2.35. The molecule has 0 rings (SSSR count). The number of carboxylic acid groups (broad SMARTS) is 1. The van der Waals surface area contributed by atoms with Crippen LogP contribution >= 0.6 is 0 Å². The summed E-state index contributed by atoms with van der Waals surface area (Å²) in [6.45, 7) is 2.89. The minimum absolute atomic E-state index is 0.132. The van der Waals surface area contributed by atoms with Crippen molar-refractivity contribution in [2.45, 2.75) is 129 Å². The van der Waals surface area contributed by atoms with Gasteiger partial charge >= 0.3 is 5.97 Å². The zero-order valence-electron chi connectivity index (χ0n) is 21.4. The predicted octanol–water partition coefficient (Wildman–Crippen LogP) is 6.72. The van der Waals surface area contributed by atoms with Crippen LogP contribution < -0.4 is 5.32 Å². The molecule has 188 valence electrons. The van der Waals surface area contributed by atoms with Crippen molar-refractivity contribution in [2.24, 2.45) is 0 Å². The van der Waals surface area contributed by atoms with E-state index in [1.165, 1.54) is 77.0 Å². The molecule has 0 unspecified atom stereocenters. The molecule has 5 nitrogen and oxygen atoms in total. The molecule has 32 heavy (non-hydrogen) atoms. The summed E-state index contributed by atoms with van der Waals surface area (Å²) in [4.78, 5) is 24.7. The highest BCUT2D eigenvalue weighted by atomic mass is 16.4. The molecular formula is C27H52N2O3. The molecule has 0 bridgehead atoms. The second kappa shape index (κ2) is 22.8. The van der Waals surface area contributed by atoms with Crippen molar-refractivity contribution in [3.05, 3.63) is 12.2 Å². The van der Waals surface area contributed by atoms with Gasteiger partial charge in [-0.1, -0.05) is 83.3 Å². The number of nitrogens with one attached hydrogen (secondary N) is 1. The monoisotopic (exact) mass is 452 g/mol. The van der Waals surface area contributed by atoms with Gasteiger partial charge in [0.2, 0.25) is 5.91 Å². The number of likely N-dealkylation sites (N-methyl/N-ethyl adjacent to an activating group) is 1. The number of carbonyl (C=O) groups excluding carboxylic acids is 1. The lowest BCUT2D eigenvalue weighted by Gasteiger charge is -2.19. The molecule has 0 fully saturated rings. The van der Waals surface area contributed by atoms with Gasteiger partial charge < -0.3 is 10.4 Å². The van der Waals surface area contributed by atoms with Gasteiger partial charge in [-0.2, -0.15) is 0 Å². The van der Waals surface area contributed by atoms with E-state index in [0.717, 1.165) is 25.7 Å². The minimum Gasteiger partial charge on any atom is -0.480 e. The number of carboxylic acids is 1. The molecule has 0 aliphatic carbocycles. The number of rotatable bonds is 23. The Kier molecular flexibility index (Phi) is 21.9. The van der Waals surface area contributed by atoms with Gasteiger partial charge in [0.25, 0.3) is 0 Å². The molecule has 2 N–H and O–H groups in total. The van der Waals surface area contributed by atoms with Crippen LogP contribution in [0.3, 0.4) is 0 Å². The van der Waals surface area contributed by atoms with E-state index < -0.39 is 12.0 Å². The molecule has 1 amide bonds. The molecule has 5 heteroatoms. The van der Waals surface area contributed by atoms with Crippen molar-refractivity contribution in [1.82, 2.24) is 10.2 Å². The summed E-state index contributed by atoms with van der Waals surface area (Å²) >= 11 is 0. The Balaban J connectivity index is 3.34. The first-order chi connectivity index (χ1) is 15.5. The SMILES string of the molecule is CCCC/C=C/CCCCCCCCCCCCC(=O)NCCCC[C@@H](C(=O)O)N(C)C. The number of amides is 1. The maximum atomic E-state index is 11.9. The van der Waals surface area contributed by atoms with Gasteiger partial charge in [0.05, 0.1) is 0 Å². The van der Waals surface area contributed by atoms with Crippen LogP contribution in [0.15, 0.2) is 12.2 Å². The van der Waals surface area contributed by atoms with Crippen LogP contribution in [0.1, 0.15) is 122 Å². The molecule has 0 aromatic carbocycles. The Morgan fingerprint density at radius 2 is 1.31 bits per heavy atom. The van der Waals surface area contributed by atoms with E-state index >= 15 is 0 Å². The van der Waals surface area contributed by atoms with Crippen molar-refractivity contribution in [3.8, 4) is 0 Å². The number of aliphatic carboxylic acids is 1. The highest BCUT2D eigenvalue weighted by Gasteiger charge is 2.18. The van der Waals surface area contributed by atoms with Gasteiger partial charge in [0, 0.05) is 13.0 Å². The highest BCUT2D eigenvalue weighted by Crippen LogP contribution is 2.12. The van der Waals surface area contributed by atoms with Gasteiger partial charge in [-0.15, -0.1) is 0 Å². The smallest absolute Gasteiger partial charge is 0.320 e. The van der Waals surface area contributed by atoms with E-state index in [1.54, 1.807) is 19.0 Å². The molecule has 0 aromatic heterocycles. The zero-order chi connectivity index (χ0) is 23.9. The molecule has 0 heterocycles. The second-order valence-electron chi connectivity index (χ2n) is 9.35. The third-order valence-corrected chi connectivity index (χ3v) is 6.05. The Labute approximate surface area is 198 Å². The fourth-order valence-electron chi connectivity index (χ4n) is 3.90. The Morgan fingerprint density at radius 3 is 1.84 bits per heavy atom. The molecule has 0 saturated heterocycles. The first-order valence-electron chi connectivity index (χ1n) is 13.3. The maximum Gasteiger partial charge on any atom is 0.320 e. The van der Waals surface area contributed by atoms with Crippen LogP contribution in [0.4, 0.5) is 0 Å². The average molecular weight is 453 g/mol. The van der Waals surface area contributed by atoms with E-state index in [9.17, 15) is 9.59 Å². The summed E-state index contributed by atoms with van der Waals surface area (Å²) < 4.78 is 0. The van der Waals surface area contributed by atoms with Gasteiger partial charge in [-0.3, -0.25) is 14.5 Å². The predicted molar refractivity (Wildman–Crippen MR) is 136 cm³/mol. The normalized spacial score (nSPS) is 12.5. The summed E-state index contributed by atoms with van der Waals surface area (Å²) in [5.41, 5.74) is 0. The zero-order valence-corrected chi connectivity index (χ0v) is 21.4. The maximum absolute atomic E-state index is 11.9. The number of hydrogen-bond acceptors (Lipinski definition) is 3. The lowest BCUT2D eigenvalue weighted by molar-refractivity contribution is -0.142. The summed E-state index contributed by atoms with van der Waals surface area (Å²) in [7, 11) is 3.58. The largest absolute Gasteiger partial charge is 0.480 e. The molecule has 0 spiro atoms. The summed E-state index contributed by atoms with van der Waals surface area (Å²) in [5.74, 6) is -0.646. The van der Waals surface area contributed by atoms with E-state index in [4.69, 9.17) is 5.11 Å². The Bertz CT molecular complexity index is 478.